The highest BCUT2D eigenvalue weighted by atomic mass is 16.4. The molecule has 1 saturated heterocycles. The number of piperidine rings is 1. The van der Waals surface area contributed by atoms with Crippen LogP contribution in [0.3, 0.4) is 0 Å². The molecule has 2 atom stereocenters. The highest BCUT2D eigenvalue weighted by Crippen LogP contribution is 2.36. The second-order valence-electron chi connectivity index (χ2n) is 10.2. The summed E-state index contributed by atoms with van der Waals surface area (Å²) in [6.07, 6.45) is 1.70. The third-order valence-corrected chi connectivity index (χ3v) is 7.96. The topological polar surface area (TPSA) is 98.7 Å². The Bertz CT molecular complexity index is 1290. The number of aliphatic carboxylic acids is 1. The summed E-state index contributed by atoms with van der Waals surface area (Å²) in [4.78, 5) is 41.2. The molecule has 38 heavy (non-hydrogen) atoms. The number of hydrogen-bond donors (Lipinski definition) is 3. The number of likely N-dealkylation sites (tertiary alicyclic amines) is 1. The van der Waals surface area contributed by atoms with Gasteiger partial charge in [-0.05, 0) is 41.5 Å². The minimum Gasteiger partial charge on any atom is -0.480 e. The summed E-state index contributed by atoms with van der Waals surface area (Å²) in [6, 6.07) is 25.7. The summed E-state index contributed by atoms with van der Waals surface area (Å²) in [5.41, 5.74) is 3.19. The fraction of sp³-hybridized carbons (Fsp3) is 0.323. The van der Waals surface area contributed by atoms with Crippen molar-refractivity contribution in [2.75, 3.05) is 13.1 Å². The standard InChI is InChI=1S/C31H33N3O4/c35-28(26-20-23-11-7-8-12-24(23)21-32-26)34-17-15-31(16-18-34,25-13-5-2-6-14-25)30(38)33-27(29(36)37)19-22-9-3-1-4-10-22/h1-14,26-27,32H,15-21H2,(H,33,38)(H,36,37)/t26-,27-/m0/s1. The minimum atomic E-state index is -1.07. The summed E-state index contributed by atoms with van der Waals surface area (Å²) in [5, 5.41) is 16.1. The maximum Gasteiger partial charge on any atom is 0.326 e. The number of carbonyl (C=O) groups is 3. The van der Waals surface area contributed by atoms with Crippen molar-refractivity contribution in [2.24, 2.45) is 0 Å². The second-order valence-corrected chi connectivity index (χ2v) is 10.2. The van der Waals surface area contributed by atoms with Crippen LogP contribution in [0.5, 0.6) is 0 Å². The quantitative estimate of drug-likeness (QED) is 0.453. The van der Waals surface area contributed by atoms with Gasteiger partial charge in [0.15, 0.2) is 0 Å². The van der Waals surface area contributed by atoms with Crippen molar-refractivity contribution in [1.29, 1.82) is 0 Å². The zero-order valence-corrected chi connectivity index (χ0v) is 21.3. The Balaban J connectivity index is 1.31. The van der Waals surface area contributed by atoms with Gasteiger partial charge in [-0.15, -0.1) is 0 Å². The number of carboxylic acids is 1. The highest BCUT2D eigenvalue weighted by Gasteiger charge is 2.45. The Kier molecular flexibility index (Phi) is 7.56. The summed E-state index contributed by atoms with van der Waals surface area (Å²) in [5.74, 6) is -1.32. The zero-order chi connectivity index (χ0) is 26.5. The van der Waals surface area contributed by atoms with Crippen LogP contribution in [0, 0.1) is 0 Å². The molecule has 5 rings (SSSR count). The third kappa shape index (κ3) is 5.34. The van der Waals surface area contributed by atoms with Crippen molar-refractivity contribution in [3.05, 3.63) is 107 Å². The molecule has 2 aliphatic rings. The molecule has 7 heteroatoms. The van der Waals surface area contributed by atoms with Crippen molar-refractivity contribution in [3.63, 3.8) is 0 Å². The minimum absolute atomic E-state index is 0.0501. The van der Waals surface area contributed by atoms with E-state index in [9.17, 15) is 19.5 Å². The number of amides is 2. The van der Waals surface area contributed by atoms with E-state index in [1.165, 1.54) is 11.1 Å². The van der Waals surface area contributed by atoms with Gasteiger partial charge in [-0.3, -0.25) is 9.59 Å². The molecule has 0 spiro atoms. The van der Waals surface area contributed by atoms with Gasteiger partial charge in [-0.1, -0.05) is 84.9 Å². The van der Waals surface area contributed by atoms with Crippen molar-refractivity contribution >= 4 is 17.8 Å². The van der Waals surface area contributed by atoms with Crippen LogP contribution in [0.1, 0.15) is 35.1 Å². The van der Waals surface area contributed by atoms with Crippen LogP contribution in [0.25, 0.3) is 0 Å². The van der Waals surface area contributed by atoms with E-state index in [1.807, 2.05) is 77.7 Å². The first kappa shape index (κ1) is 25.7. The molecule has 3 N–H and O–H groups in total. The lowest BCUT2D eigenvalue weighted by atomic mass is 9.71. The number of carboxylic acid groups (broad SMARTS) is 1. The van der Waals surface area contributed by atoms with E-state index in [-0.39, 0.29) is 24.3 Å². The first-order chi connectivity index (χ1) is 18.5. The van der Waals surface area contributed by atoms with Crippen LogP contribution in [0.4, 0.5) is 0 Å². The fourth-order valence-electron chi connectivity index (χ4n) is 5.71. The van der Waals surface area contributed by atoms with E-state index in [2.05, 4.69) is 22.8 Å². The monoisotopic (exact) mass is 511 g/mol. The Morgan fingerprint density at radius 1 is 0.895 bits per heavy atom. The van der Waals surface area contributed by atoms with E-state index in [1.54, 1.807) is 0 Å². The molecule has 2 aliphatic heterocycles. The first-order valence-corrected chi connectivity index (χ1v) is 13.2. The molecular formula is C31H33N3O4. The van der Waals surface area contributed by atoms with E-state index >= 15 is 0 Å². The zero-order valence-electron chi connectivity index (χ0n) is 21.3. The van der Waals surface area contributed by atoms with E-state index < -0.39 is 17.4 Å². The fourth-order valence-corrected chi connectivity index (χ4v) is 5.71. The van der Waals surface area contributed by atoms with Gasteiger partial charge in [0.05, 0.1) is 11.5 Å². The van der Waals surface area contributed by atoms with Crippen LogP contribution >= 0.6 is 0 Å². The smallest absolute Gasteiger partial charge is 0.326 e. The van der Waals surface area contributed by atoms with Gasteiger partial charge in [-0.2, -0.15) is 0 Å². The number of hydrogen-bond acceptors (Lipinski definition) is 4. The molecule has 0 radical (unpaired) electrons. The first-order valence-electron chi connectivity index (χ1n) is 13.2. The number of benzene rings is 3. The van der Waals surface area contributed by atoms with Gasteiger partial charge in [0.2, 0.25) is 11.8 Å². The maximum atomic E-state index is 13.9. The number of fused-ring (bicyclic) bond motifs is 1. The van der Waals surface area contributed by atoms with Gasteiger partial charge in [0, 0.05) is 26.1 Å². The number of nitrogens with one attached hydrogen (secondary N) is 2. The Morgan fingerprint density at radius 2 is 1.50 bits per heavy atom. The lowest BCUT2D eigenvalue weighted by Gasteiger charge is -2.42. The third-order valence-electron chi connectivity index (χ3n) is 7.96. The van der Waals surface area contributed by atoms with Crippen molar-refractivity contribution < 1.29 is 19.5 Å². The van der Waals surface area contributed by atoms with E-state index in [0.29, 0.717) is 38.9 Å². The molecular weight excluding hydrogens is 478 g/mol. The summed E-state index contributed by atoms with van der Waals surface area (Å²) in [7, 11) is 0. The van der Waals surface area contributed by atoms with Crippen molar-refractivity contribution in [3.8, 4) is 0 Å². The summed E-state index contributed by atoms with van der Waals surface area (Å²) >= 11 is 0. The van der Waals surface area contributed by atoms with Crippen molar-refractivity contribution in [2.45, 2.75) is 49.7 Å². The van der Waals surface area contributed by atoms with Crippen LogP contribution in [0.15, 0.2) is 84.9 Å². The number of carbonyl (C=O) groups excluding carboxylic acids is 2. The van der Waals surface area contributed by atoms with Crippen molar-refractivity contribution in [1.82, 2.24) is 15.5 Å². The van der Waals surface area contributed by atoms with Gasteiger partial charge in [0.1, 0.15) is 6.04 Å². The maximum absolute atomic E-state index is 13.9. The molecule has 0 unspecified atom stereocenters. The molecule has 2 heterocycles. The molecule has 0 bridgehead atoms. The largest absolute Gasteiger partial charge is 0.480 e. The molecule has 0 aromatic heterocycles. The molecule has 7 nitrogen and oxygen atoms in total. The van der Waals surface area contributed by atoms with Gasteiger partial charge in [0.25, 0.3) is 0 Å². The van der Waals surface area contributed by atoms with E-state index in [0.717, 1.165) is 11.1 Å². The van der Waals surface area contributed by atoms with Gasteiger partial charge >= 0.3 is 5.97 Å². The average molecular weight is 512 g/mol. The molecule has 2 amide bonds. The Morgan fingerprint density at radius 3 is 2.16 bits per heavy atom. The Hall–Kier alpha value is -3.97. The van der Waals surface area contributed by atoms with Crippen LogP contribution in [-0.4, -0.2) is 53.0 Å². The predicted molar refractivity (Wildman–Crippen MR) is 144 cm³/mol. The molecule has 0 saturated carbocycles. The van der Waals surface area contributed by atoms with Gasteiger partial charge in [-0.25, -0.2) is 4.79 Å². The van der Waals surface area contributed by atoms with Gasteiger partial charge < -0.3 is 20.6 Å². The van der Waals surface area contributed by atoms with Crippen LogP contribution < -0.4 is 10.6 Å². The molecule has 196 valence electrons. The lowest BCUT2D eigenvalue weighted by Crippen LogP contribution is -2.58. The summed E-state index contributed by atoms with van der Waals surface area (Å²) < 4.78 is 0. The SMILES string of the molecule is O=C(O)[C@H](Cc1ccccc1)NC(=O)C1(c2ccccc2)CCN(C(=O)[C@@H]2Cc3ccccc3CN2)CC1. The van der Waals surface area contributed by atoms with Crippen LogP contribution in [-0.2, 0) is 39.2 Å². The number of rotatable bonds is 7. The second kappa shape index (κ2) is 11.2. The molecule has 3 aromatic rings. The highest BCUT2D eigenvalue weighted by molar-refractivity contribution is 5.92. The Labute approximate surface area is 222 Å². The average Bonchev–Trinajstić information content (AvgIpc) is 2.97. The summed E-state index contributed by atoms with van der Waals surface area (Å²) in [6.45, 7) is 1.52. The normalized spacial score (nSPS) is 19.2. The van der Waals surface area contributed by atoms with E-state index in [4.69, 9.17) is 0 Å². The molecule has 1 fully saturated rings. The lowest BCUT2D eigenvalue weighted by molar-refractivity contribution is -0.144. The molecule has 0 aliphatic carbocycles. The predicted octanol–water partition coefficient (Wildman–Crippen LogP) is 3.07. The number of nitrogens with zero attached hydrogens (tertiary/aromatic N) is 1. The van der Waals surface area contributed by atoms with Crippen LogP contribution in [0.2, 0.25) is 0 Å². The molecule has 3 aromatic carbocycles.